The topological polar surface area (TPSA) is 65.0 Å². The number of carbonyl (C=O) groups is 1. The van der Waals surface area contributed by atoms with Gasteiger partial charge in [-0.3, -0.25) is 4.79 Å². The van der Waals surface area contributed by atoms with Crippen LogP contribution in [0, 0.1) is 11.8 Å². The number of esters is 1. The van der Waals surface area contributed by atoms with Crippen molar-refractivity contribution in [1.82, 2.24) is 0 Å². The third-order valence-corrected chi connectivity index (χ3v) is 4.61. The average Bonchev–Trinajstić information content (AvgIpc) is 3.16. The number of phenolic OH excluding ortho intramolecular Hbond substituents is 1. The maximum atomic E-state index is 12.1. The normalized spacial score (nSPS) is 21.8. The lowest BCUT2D eigenvalue weighted by Crippen LogP contribution is -2.20. The fraction of sp³-hybridized carbons (Fsp3) is 0.316. The Hall–Kier alpha value is -2.69. The molecule has 0 aromatic heterocycles. The lowest BCUT2D eigenvalue weighted by Gasteiger charge is -2.15. The Morgan fingerprint density at radius 2 is 1.79 bits per heavy atom. The molecule has 24 heavy (non-hydrogen) atoms. The molecule has 2 aromatic rings. The second-order valence-electron chi connectivity index (χ2n) is 6.26. The van der Waals surface area contributed by atoms with Gasteiger partial charge in [0.25, 0.3) is 0 Å². The second kappa shape index (κ2) is 6.07. The molecular weight excluding hydrogens is 308 g/mol. The molecule has 2 heterocycles. The highest BCUT2D eigenvalue weighted by Gasteiger charge is 2.37. The Balaban J connectivity index is 1.50. The fourth-order valence-corrected chi connectivity index (χ4v) is 3.36. The molecule has 2 aromatic carbocycles. The standard InChI is InChI=1S/C19H18O5/c20-15-3-1-2-12(7-15)8-16-14(10-22-19(16)21)6-13-4-5-17-18(9-13)24-11-23-17/h1-5,7,9,14,16,20H,6,8,10-11H2/t14-,16+/m1/s1. The molecule has 0 radical (unpaired) electrons. The van der Waals surface area contributed by atoms with Crippen LogP contribution >= 0.6 is 0 Å². The number of phenols is 1. The van der Waals surface area contributed by atoms with Gasteiger partial charge < -0.3 is 19.3 Å². The number of fused-ring (bicyclic) bond motifs is 1. The first kappa shape index (κ1) is 14.9. The van der Waals surface area contributed by atoms with Crippen LogP contribution < -0.4 is 9.47 Å². The molecule has 2 atom stereocenters. The molecule has 1 N–H and O–H groups in total. The summed E-state index contributed by atoms with van der Waals surface area (Å²) in [5.74, 6) is 1.48. The molecule has 5 heteroatoms. The van der Waals surface area contributed by atoms with Crippen LogP contribution in [0.1, 0.15) is 11.1 Å². The van der Waals surface area contributed by atoms with E-state index in [2.05, 4.69) is 0 Å². The number of aromatic hydroxyl groups is 1. The van der Waals surface area contributed by atoms with E-state index in [1.807, 2.05) is 24.3 Å². The van der Waals surface area contributed by atoms with Gasteiger partial charge in [0.15, 0.2) is 11.5 Å². The Morgan fingerprint density at radius 1 is 0.958 bits per heavy atom. The summed E-state index contributed by atoms with van der Waals surface area (Å²) in [5, 5.41) is 9.60. The predicted molar refractivity (Wildman–Crippen MR) is 86.0 cm³/mol. The third-order valence-electron chi connectivity index (χ3n) is 4.61. The second-order valence-corrected chi connectivity index (χ2v) is 6.26. The number of benzene rings is 2. The van der Waals surface area contributed by atoms with E-state index in [4.69, 9.17) is 14.2 Å². The van der Waals surface area contributed by atoms with Gasteiger partial charge in [-0.05, 0) is 48.2 Å². The molecule has 124 valence electrons. The van der Waals surface area contributed by atoms with Gasteiger partial charge in [-0.2, -0.15) is 0 Å². The summed E-state index contributed by atoms with van der Waals surface area (Å²) >= 11 is 0. The number of carbonyl (C=O) groups excluding carboxylic acids is 1. The molecular formula is C19H18O5. The molecule has 2 aliphatic rings. The van der Waals surface area contributed by atoms with E-state index in [0.29, 0.717) is 13.0 Å². The molecule has 5 nitrogen and oxygen atoms in total. The highest BCUT2D eigenvalue weighted by molar-refractivity contribution is 5.75. The lowest BCUT2D eigenvalue weighted by molar-refractivity contribution is -0.141. The third kappa shape index (κ3) is 2.89. The minimum atomic E-state index is -0.197. The largest absolute Gasteiger partial charge is 0.508 e. The summed E-state index contributed by atoms with van der Waals surface area (Å²) in [6.45, 7) is 0.681. The summed E-state index contributed by atoms with van der Waals surface area (Å²) in [6.07, 6.45) is 1.31. The molecule has 0 unspecified atom stereocenters. The van der Waals surface area contributed by atoms with E-state index in [1.165, 1.54) is 0 Å². The molecule has 0 amide bonds. The highest BCUT2D eigenvalue weighted by Crippen LogP contribution is 2.35. The van der Waals surface area contributed by atoms with E-state index in [-0.39, 0.29) is 30.3 Å². The Kier molecular flexibility index (Phi) is 3.76. The summed E-state index contributed by atoms with van der Waals surface area (Å²) < 4.78 is 16.0. The lowest BCUT2D eigenvalue weighted by atomic mass is 9.85. The maximum Gasteiger partial charge on any atom is 0.309 e. The van der Waals surface area contributed by atoms with E-state index < -0.39 is 0 Å². The summed E-state index contributed by atoms with van der Waals surface area (Å²) in [6, 6.07) is 12.9. The van der Waals surface area contributed by atoms with Crippen molar-refractivity contribution < 1.29 is 24.1 Å². The molecule has 0 spiro atoms. The van der Waals surface area contributed by atoms with Crippen molar-refractivity contribution in [3.05, 3.63) is 53.6 Å². The first-order chi connectivity index (χ1) is 11.7. The first-order valence-corrected chi connectivity index (χ1v) is 8.02. The van der Waals surface area contributed by atoms with Gasteiger partial charge in [-0.1, -0.05) is 18.2 Å². The number of hydrogen-bond acceptors (Lipinski definition) is 5. The Morgan fingerprint density at radius 3 is 2.67 bits per heavy atom. The minimum Gasteiger partial charge on any atom is -0.508 e. The van der Waals surface area contributed by atoms with Crippen LogP contribution in [0.3, 0.4) is 0 Å². The minimum absolute atomic E-state index is 0.111. The van der Waals surface area contributed by atoms with Crippen molar-refractivity contribution in [2.24, 2.45) is 11.8 Å². The zero-order valence-electron chi connectivity index (χ0n) is 13.1. The van der Waals surface area contributed by atoms with Crippen LogP contribution in [-0.4, -0.2) is 24.5 Å². The monoisotopic (exact) mass is 326 g/mol. The summed E-state index contributed by atoms with van der Waals surface area (Å²) in [4.78, 5) is 12.1. The smallest absolute Gasteiger partial charge is 0.309 e. The SMILES string of the molecule is O=C1OC[C@@H](Cc2ccc3c(c2)OCO3)[C@@H]1Cc1cccc(O)c1. The van der Waals surface area contributed by atoms with Gasteiger partial charge in [0.2, 0.25) is 6.79 Å². The fourth-order valence-electron chi connectivity index (χ4n) is 3.36. The molecule has 0 saturated carbocycles. The number of ether oxygens (including phenoxy) is 3. The van der Waals surface area contributed by atoms with Crippen LogP contribution in [0.4, 0.5) is 0 Å². The van der Waals surface area contributed by atoms with Crippen LogP contribution in [0.15, 0.2) is 42.5 Å². The van der Waals surface area contributed by atoms with Gasteiger partial charge in [0.1, 0.15) is 5.75 Å². The number of cyclic esters (lactones) is 1. The van der Waals surface area contributed by atoms with Crippen molar-refractivity contribution >= 4 is 5.97 Å². The van der Waals surface area contributed by atoms with E-state index >= 15 is 0 Å². The van der Waals surface area contributed by atoms with E-state index in [9.17, 15) is 9.90 Å². The van der Waals surface area contributed by atoms with Crippen molar-refractivity contribution in [2.75, 3.05) is 13.4 Å². The number of hydrogen-bond donors (Lipinski definition) is 1. The first-order valence-electron chi connectivity index (χ1n) is 8.02. The van der Waals surface area contributed by atoms with Gasteiger partial charge in [0, 0.05) is 5.92 Å². The number of rotatable bonds is 4. The molecule has 1 fully saturated rings. The molecule has 1 saturated heterocycles. The molecule has 2 aliphatic heterocycles. The molecule has 0 aliphatic carbocycles. The maximum absolute atomic E-state index is 12.1. The van der Waals surface area contributed by atoms with Crippen LogP contribution in [0.25, 0.3) is 0 Å². The van der Waals surface area contributed by atoms with Crippen LogP contribution in [0.2, 0.25) is 0 Å². The zero-order valence-corrected chi connectivity index (χ0v) is 13.1. The van der Waals surface area contributed by atoms with Gasteiger partial charge in [-0.25, -0.2) is 0 Å². The van der Waals surface area contributed by atoms with Crippen molar-refractivity contribution in [1.29, 1.82) is 0 Å². The quantitative estimate of drug-likeness (QED) is 0.875. The van der Waals surface area contributed by atoms with Crippen molar-refractivity contribution in [3.8, 4) is 17.2 Å². The van der Waals surface area contributed by atoms with Gasteiger partial charge in [0.05, 0.1) is 12.5 Å². The molecule has 4 rings (SSSR count). The van der Waals surface area contributed by atoms with E-state index in [1.54, 1.807) is 18.2 Å². The van der Waals surface area contributed by atoms with Gasteiger partial charge in [-0.15, -0.1) is 0 Å². The van der Waals surface area contributed by atoms with Gasteiger partial charge >= 0.3 is 5.97 Å². The average molecular weight is 326 g/mol. The van der Waals surface area contributed by atoms with Crippen molar-refractivity contribution in [2.45, 2.75) is 12.8 Å². The summed E-state index contributed by atoms with van der Waals surface area (Å²) in [7, 11) is 0. The Bertz CT molecular complexity index is 770. The van der Waals surface area contributed by atoms with Crippen molar-refractivity contribution in [3.63, 3.8) is 0 Å². The van der Waals surface area contributed by atoms with Crippen LogP contribution in [0.5, 0.6) is 17.2 Å². The Labute approximate surface area is 139 Å². The zero-order chi connectivity index (χ0) is 16.5. The van der Waals surface area contributed by atoms with E-state index in [0.717, 1.165) is 29.0 Å². The van der Waals surface area contributed by atoms with Crippen LogP contribution in [-0.2, 0) is 22.4 Å². The highest BCUT2D eigenvalue weighted by atomic mass is 16.7. The summed E-state index contributed by atoms with van der Waals surface area (Å²) in [5.41, 5.74) is 2.04. The predicted octanol–water partition coefficient (Wildman–Crippen LogP) is 2.70. The molecule has 0 bridgehead atoms.